The largest absolute Gasteiger partial charge is 0.452 e. The summed E-state index contributed by atoms with van der Waals surface area (Å²) in [5, 5.41) is 13.0. The Morgan fingerprint density at radius 2 is 1.88 bits per heavy atom. The van der Waals surface area contributed by atoms with E-state index in [0.717, 1.165) is 18.2 Å². The number of ether oxygens (including phenoxy) is 1. The molecule has 2 aromatic carbocycles. The first-order chi connectivity index (χ1) is 11.4. The molecule has 0 heterocycles. The van der Waals surface area contributed by atoms with Crippen molar-refractivity contribution in [1.29, 1.82) is 0 Å². The van der Waals surface area contributed by atoms with Crippen molar-refractivity contribution in [3.05, 3.63) is 69.0 Å². The normalized spacial score (nSPS) is 10.1. The molecule has 1 amide bonds. The first-order valence-electron chi connectivity index (χ1n) is 6.53. The van der Waals surface area contributed by atoms with Gasteiger partial charge in [-0.3, -0.25) is 14.9 Å². The fourth-order valence-corrected chi connectivity index (χ4v) is 1.89. The summed E-state index contributed by atoms with van der Waals surface area (Å²) in [4.78, 5) is 33.3. The second-order valence-electron chi connectivity index (χ2n) is 4.55. The Hall–Kier alpha value is -3.00. The number of nitrogens with zero attached hydrogens (tertiary/aromatic N) is 1. The molecule has 0 aliphatic heterocycles. The summed E-state index contributed by atoms with van der Waals surface area (Å²) in [5.41, 5.74) is -0.276. The van der Waals surface area contributed by atoms with Crippen molar-refractivity contribution in [3.8, 4) is 0 Å². The van der Waals surface area contributed by atoms with Crippen LogP contribution in [0.5, 0.6) is 0 Å². The topological polar surface area (TPSA) is 98.5 Å². The van der Waals surface area contributed by atoms with Crippen molar-refractivity contribution >= 4 is 34.9 Å². The van der Waals surface area contributed by atoms with Gasteiger partial charge in [-0.1, -0.05) is 11.6 Å². The fourth-order valence-electron chi connectivity index (χ4n) is 1.71. The third kappa shape index (κ3) is 4.50. The molecule has 7 nitrogen and oxygen atoms in total. The van der Waals surface area contributed by atoms with Gasteiger partial charge >= 0.3 is 5.97 Å². The lowest BCUT2D eigenvalue weighted by Crippen LogP contribution is -2.21. The van der Waals surface area contributed by atoms with E-state index in [1.165, 1.54) is 24.3 Å². The van der Waals surface area contributed by atoms with Crippen molar-refractivity contribution in [2.75, 3.05) is 11.9 Å². The van der Waals surface area contributed by atoms with Gasteiger partial charge in [-0.25, -0.2) is 9.18 Å². The van der Waals surface area contributed by atoms with Gasteiger partial charge in [0.25, 0.3) is 11.6 Å². The van der Waals surface area contributed by atoms with Crippen molar-refractivity contribution in [2.24, 2.45) is 0 Å². The molecule has 0 atom stereocenters. The van der Waals surface area contributed by atoms with Crippen LogP contribution in [0.2, 0.25) is 5.02 Å². The Bertz CT molecular complexity index is 795. The molecule has 0 aliphatic carbocycles. The van der Waals surface area contributed by atoms with E-state index >= 15 is 0 Å². The molecule has 0 saturated carbocycles. The minimum Gasteiger partial charge on any atom is -0.452 e. The van der Waals surface area contributed by atoms with Crippen molar-refractivity contribution in [1.82, 2.24) is 0 Å². The highest BCUT2D eigenvalue weighted by atomic mass is 35.5. The molecule has 0 fully saturated rings. The van der Waals surface area contributed by atoms with E-state index in [1.54, 1.807) is 0 Å². The van der Waals surface area contributed by atoms with Gasteiger partial charge in [-0.15, -0.1) is 0 Å². The van der Waals surface area contributed by atoms with Gasteiger partial charge in [0.2, 0.25) is 0 Å². The van der Waals surface area contributed by atoms with Crippen LogP contribution in [0.25, 0.3) is 0 Å². The summed E-state index contributed by atoms with van der Waals surface area (Å²) in [5.74, 6) is -2.28. The third-order valence-corrected chi connectivity index (χ3v) is 3.09. The molecule has 124 valence electrons. The fraction of sp³-hybridized carbons (Fsp3) is 0.0667. The number of hydrogen-bond donors (Lipinski definition) is 1. The smallest absolute Gasteiger partial charge is 0.338 e. The molecule has 24 heavy (non-hydrogen) atoms. The van der Waals surface area contributed by atoms with Gasteiger partial charge in [0.1, 0.15) is 5.82 Å². The third-order valence-electron chi connectivity index (χ3n) is 2.85. The second kappa shape index (κ2) is 7.51. The first-order valence-corrected chi connectivity index (χ1v) is 6.91. The maximum absolute atomic E-state index is 13.5. The number of hydrogen-bond acceptors (Lipinski definition) is 5. The first kappa shape index (κ1) is 17.4. The summed E-state index contributed by atoms with van der Waals surface area (Å²) < 4.78 is 18.2. The summed E-state index contributed by atoms with van der Waals surface area (Å²) in [6.45, 7) is -0.651. The number of anilines is 1. The van der Waals surface area contributed by atoms with Crippen LogP contribution in [0.15, 0.2) is 42.5 Å². The number of non-ortho nitro benzene ring substituents is 1. The molecule has 0 aromatic heterocycles. The highest BCUT2D eigenvalue weighted by Crippen LogP contribution is 2.19. The minimum absolute atomic E-state index is 0.0438. The summed E-state index contributed by atoms with van der Waals surface area (Å²) in [6, 6.07) is 8.30. The number of nitrogens with one attached hydrogen (secondary N) is 1. The van der Waals surface area contributed by atoms with Gasteiger partial charge in [0.15, 0.2) is 6.61 Å². The molecule has 0 bridgehead atoms. The van der Waals surface area contributed by atoms with Crippen LogP contribution >= 0.6 is 11.6 Å². The Morgan fingerprint density at radius 3 is 2.50 bits per heavy atom. The molecule has 0 aliphatic rings. The van der Waals surface area contributed by atoms with E-state index in [1.807, 2.05) is 0 Å². The minimum atomic E-state index is -0.841. The number of halogens is 2. The molecule has 0 unspecified atom stereocenters. The highest BCUT2D eigenvalue weighted by molar-refractivity contribution is 6.30. The number of carbonyl (C=O) groups is 2. The number of nitro benzene ring substituents is 1. The number of amides is 1. The molecule has 0 saturated heterocycles. The molecule has 2 rings (SSSR count). The quantitative estimate of drug-likeness (QED) is 0.506. The zero-order valence-corrected chi connectivity index (χ0v) is 12.7. The molecular formula is C15H10ClFN2O5. The summed E-state index contributed by atoms with van der Waals surface area (Å²) in [7, 11) is 0. The molecule has 0 radical (unpaired) electrons. The van der Waals surface area contributed by atoms with Crippen LogP contribution in [0.1, 0.15) is 10.4 Å². The lowest BCUT2D eigenvalue weighted by molar-refractivity contribution is -0.384. The summed E-state index contributed by atoms with van der Waals surface area (Å²) in [6.07, 6.45) is 0. The van der Waals surface area contributed by atoms with Crippen molar-refractivity contribution < 1.29 is 23.6 Å². The van der Waals surface area contributed by atoms with Gasteiger partial charge in [-0.05, 0) is 30.3 Å². The Kier molecular flexibility index (Phi) is 5.43. The Balaban J connectivity index is 1.92. The molecular weight excluding hydrogens is 343 g/mol. The maximum atomic E-state index is 13.5. The standard InChI is InChI=1S/C15H10ClFN2O5/c16-10-3-6-12(17)13(7-10)18-14(20)8-24-15(21)9-1-4-11(5-2-9)19(22)23/h1-7H,8H2,(H,18,20). The van der Waals surface area contributed by atoms with E-state index < -0.39 is 29.2 Å². The SMILES string of the molecule is O=C(COC(=O)c1ccc([N+](=O)[O-])cc1)Nc1cc(Cl)ccc1F. The predicted octanol–water partition coefficient (Wildman–Crippen LogP) is 3.18. The van der Waals surface area contributed by atoms with Crippen LogP contribution in [-0.4, -0.2) is 23.4 Å². The van der Waals surface area contributed by atoms with Gasteiger partial charge < -0.3 is 10.1 Å². The highest BCUT2D eigenvalue weighted by Gasteiger charge is 2.13. The average Bonchev–Trinajstić information content (AvgIpc) is 2.56. The Labute approximate surface area is 140 Å². The molecule has 0 spiro atoms. The monoisotopic (exact) mass is 352 g/mol. The number of benzene rings is 2. The van der Waals surface area contributed by atoms with E-state index in [-0.39, 0.29) is 22.0 Å². The lowest BCUT2D eigenvalue weighted by atomic mass is 10.2. The van der Waals surface area contributed by atoms with E-state index in [2.05, 4.69) is 5.32 Å². The van der Waals surface area contributed by atoms with Gasteiger partial charge in [0, 0.05) is 17.2 Å². The lowest BCUT2D eigenvalue weighted by Gasteiger charge is -2.08. The number of rotatable bonds is 5. The van der Waals surface area contributed by atoms with Crippen LogP contribution in [0.3, 0.4) is 0 Å². The second-order valence-corrected chi connectivity index (χ2v) is 4.99. The van der Waals surface area contributed by atoms with Crippen molar-refractivity contribution in [3.63, 3.8) is 0 Å². The van der Waals surface area contributed by atoms with Crippen LogP contribution < -0.4 is 5.32 Å². The van der Waals surface area contributed by atoms with Crippen LogP contribution in [0, 0.1) is 15.9 Å². The number of carbonyl (C=O) groups excluding carboxylic acids is 2. The Morgan fingerprint density at radius 1 is 1.21 bits per heavy atom. The van der Waals surface area contributed by atoms with Crippen molar-refractivity contribution in [2.45, 2.75) is 0 Å². The molecule has 2 aromatic rings. The van der Waals surface area contributed by atoms with E-state index in [4.69, 9.17) is 16.3 Å². The molecule has 9 heteroatoms. The zero-order valence-electron chi connectivity index (χ0n) is 12.0. The van der Waals surface area contributed by atoms with Crippen LogP contribution in [0.4, 0.5) is 15.8 Å². The maximum Gasteiger partial charge on any atom is 0.338 e. The average molecular weight is 353 g/mol. The predicted molar refractivity (Wildman–Crippen MR) is 83.4 cm³/mol. The van der Waals surface area contributed by atoms with E-state index in [0.29, 0.717) is 0 Å². The van der Waals surface area contributed by atoms with Gasteiger partial charge in [-0.2, -0.15) is 0 Å². The van der Waals surface area contributed by atoms with Crippen LogP contribution in [-0.2, 0) is 9.53 Å². The number of nitro groups is 1. The van der Waals surface area contributed by atoms with E-state index in [9.17, 15) is 24.1 Å². The zero-order chi connectivity index (χ0) is 17.7. The number of esters is 1. The van der Waals surface area contributed by atoms with Gasteiger partial charge in [0.05, 0.1) is 16.2 Å². The summed E-state index contributed by atoms with van der Waals surface area (Å²) >= 11 is 5.69. The molecule has 1 N–H and O–H groups in total.